The molecule has 11 heteroatoms. The summed E-state index contributed by atoms with van der Waals surface area (Å²) < 4.78 is 21.0. The summed E-state index contributed by atoms with van der Waals surface area (Å²) in [5, 5.41) is 17.4. The maximum absolute atomic E-state index is 12.8. The fourth-order valence-corrected chi connectivity index (χ4v) is 7.23. The van der Waals surface area contributed by atoms with Gasteiger partial charge in [0.05, 0.1) is 18.9 Å². The Kier molecular flexibility index (Phi) is 8.17. The van der Waals surface area contributed by atoms with Crippen LogP contribution in [0.3, 0.4) is 0 Å². The number of ether oxygens (including phenoxy) is 3. The van der Waals surface area contributed by atoms with Gasteiger partial charge < -0.3 is 24.1 Å². The standard InChI is InChI=1S/C26H36N4O6Si/c1-17-24(35-3)20-15-19(30-12-6-7-22(34-2)26(30)32)8-9-21(20)36-25(17)23(37(4,5)33)10-13-29-16-18(11-14-31)27-28-29/h6-9,12,15-17,23-25,31,33H,10-11,13-14H2,1-5H3/t17-,23?,24-,25-/m1/s1. The second kappa shape index (κ2) is 11.2. The lowest BCUT2D eigenvalue weighted by Gasteiger charge is -2.44. The lowest BCUT2D eigenvalue weighted by atomic mass is 9.86. The van der Waals surface area contributed by atoms with Crippen LogP contribution in [0.4, 0.5) is 0 Å². The highest BCUT2D eigenvalue weighted by molar-refractivity contribution is 6.71. The SMILES string of the molecule is COc1cccn(-c2ccc3c(c2)[C@H](OC)[C@@H](C)[C@H](C(CCn2cc(CCO)nn2)[Si](C)(C)O)O3)c1=O. The summed E-state index contributed by atoms with van der Waals surface area (Å²) in [7, 11) is 0.484. The van der Waals surface area contributed by atoms with E-state index in [1.165, 1.54) is 11.7 Å². The first-order valence-electron chi connectivity index (χ1n) is 12.5. The van der Waals surface area contributed by atoms with E-state index in [1.54, 1.807) is 30.1 Å². The molecule has 4 atom stereocenters. The van der Waals surface area contributed by atoms with Gasteiger partial charge >= 0.3 is 0 Å². The van der Waals surface area contributed by atoms with Crippen LogP contribution in [0.5, 0.6) is 11.5 Å². The molecule has 200 valence electrons. The second-order valence-electron chi connectivity index (χ2n) is 10.1. The number of aliphatic hydroxyl groups is 1. The average molecular weight is 529 g/mol. The van der Waals surface area contributed by atoms with Gasteiger partial charge in [-0.3, -0.25) is 14.0 Å². The van der Waals surface area contributed by atoms with Crippen molar-refractivity contribution in [1.82, 2.24) is 19.6 Å². The van der Waals surface area contributed by atoms with Gasteiger partial charge in [-0.1, -0.05) is 12.1 Å². The van der Waals surface area contributed by atoms with Gasteiger partial charge in [0.1, 0.15) is 11.9 Å². The largest absolute Gasteiger partial charge is 0.491 e. The third-order valence-corrected chi connectivity index (χ3v) is 9.58. The zero-order valence-corrected chi connectivity index (χ0v) is 23.0. The van der Waals surface area contributed by atoms with Crippen molar-refractivity contribution in [3.05, 3.63) is 64.3 Å². The Morgan fingerprint density at radius 3 is 2.70 bits per heavy atom. The van der Waals surface area contributed by atoms with Gasteiger partial charge in [0.15, 0.2) is 14.1 Å². The summed E-state index contributed by atoms with van der Waals surface area (Å²) in [5.41, 5.74) is 1.95. The van der Waals surface area contributed by atoms with Gasteiger partial charge in [-0.15, -0.1) is 5.10 Å². The lowest BCUT2D eigenvalue weighted by molar-refractivity contribution is -0.0247. The fraction of sp³-hybridized carbons (Fsp3) is 0.500. The Hall–Kier alpha value is -2.99. The number of hydrogen-bond donors (Lipinski definition) is 2. The first-order valence-corrected chi connectivity index (χ1v) is 15.5. The number of aryl methyl sites for hydroxylation is 1. The fourth-order valence-electron chi connectivity index (χ4n) is 5.22. The van der Waals surface area contributed by atoms with Crippen molar-refractivity contribution < 1.29 is 24.1 Å². The van der Waals surface area contributed by atoms with E-state index in [0.29, 0.717) is 30.8 Å². The minimum Gasteiger partial charge on any atom is -0.491 e. The van der Waals surface area contributed by atoms with E-state index in [0.717, 1.165) is 11.3 Å². The number of rotatable bonds is 10. The van der Waals surface area contributed by atoms with Gasteiger partial charge in [0.25, 0.3) is 5.56 Å². The molecule has 37 heavy (non-hydrogen) atoms. The molecule has 1 aliphatic heterocycles. The van der Waals surface area contributed by atoms with Crippen molar-refractivity contribution in [3.8, 4) is 17.2 Å². The summed E-state index contributed by atoms with van der Waals surface area (Å²) in [5.74, 6) is 0.894. The number of aliphatic hydroxyl groups excluding tert-OH is 1. The van der Waals surface area contributed by atoms with Crippen LogP contribution in [0.2, 0.25) is 18.6 Å². The Morgan fingerprint density at radius 2 is 2.03 bits per heavy atom. The Balaban J connectivity index is 1.63. The number of nitrogens with zero attached hydrogens (tertiary/aromatic N) is 4. The molecule has 3 heterocycles. The molecule has 0 saturated carbocycles. The van der Waals surface area contributed by atoms with Gasteiger partial charge in [-0.2, -0.15) is 0 Å². The maximum Gasteiger partial charge on any atom is 0.297 e. The van der Waals surface area contributed by atoms with E-state index in [9.17, 15) is 9.59 Å². The molecule has 2 aromatic heterocycles. The maximum atomic E-state index is 12.8. The molecule has 0 aliphatic carbocycles. The molecular weight excluding hydrogens is 492 g/mol. The average Bonchev–Trinajstić information content (AvgIpc) is 3.31. The van der Waals surface area contributed by atoms with Gasteiger partial charge in [0.2, 0.25) is 0 Å². The zero-order valence-electron chi connectivity index (χ0n) is 22.0. The minimum absolute atomic E-state index is 0.0251. The van der Waals surface area contributed by atoms with Gasteiger partial charge in [-0.25, -0.2) is 0 Å². The minimum atomic E-state index is -2.66. The molecule has 0 bridgehead atoms. The highest BCUT2D eigenvalue weighted by atomic mass is 28.4. The van der Waals surface area contributed by atoms with Crippen LogP contribution < -0.4 is 15.0 Å². The number of hydrogen-bond acceptors (Lipinski definition) is 8. The number of methoxy groups -OCH3 is 2. The van der Waals surface area contributed by atoms with Gasteiger partial charge in [0, 0.05) is 61.8 Å². The van der Waals surface area contributed by atoms with Crippen LogP contribution in [0.1, 0.15) is 30.7 Å². The molecule has 1 unspecified atom stereocenters. The number of aromatic nitrogens is 4. The smallest absolute Gasteiger partial charge is 0.297 e. The summed E-state index contributed by atoms with van der Waals surface area (Å²) in [6.45, 7) is 6.55. The molecular formula is C26H36N4O6Si. The van der Waals surface area contributed by atoms with Crippen molar-refractivity contribution in [2.75, 3.05) is 20.8 Å². The molecule has 0 spiro atoms. The van der Waals surface area contributed by atoms with Crippen LogP contribution in [0, 0.1) is 5.92 Å². The van der Waals surface area contributed by atoms with E-state index in [4.69, 9.17) is 19.3 Å². The number of benzene rings is 1. The molecule has 0 radical (unpaired) electrons. The van der Waals surface area contributed by atoms with Crippen LogP contribution in [-0.2, 0) is 17.7 Å². The van der Waals surface area contributed by atoms with Crippen LogP contribution in [-0.4, -0.2) is 64.7 Å². The zero-order chi connectivity index (χ0) is 26.7. The van der Waals surface area contributed by atoms with Crippen LogP contribution in [0.25, 0.3) is 5.69 Å². The summed E-state index contributed by atoms with van der Waals surface area (Å²) in [6, 6.07) is 9.03. The molecule has 1 aromatic carbocycles. The molecule has 4 rings (SSSR count). The Bertz CT molecular complexity index is 1270. The van der Waals surface area contributed by atoms with Crippen molar-refractivity contribution in [3.63, 3.8) is 0 Å². The van der Waals surface area contributed by atoms with Crippen LogP contribution in [0.15, 0.2) is 47.5 Å². The van der Waals surface area contributed by atoms with Crippen molar-refractivity contribution in [2.45, 2.75) is 57.2 Å². The van der Waals surface area contributed by atoms with Gasteiger partial charge in [-0.05, 0) is 49.8 Å². The van der Waals surface area contributed by atoms with E-state index in [1.807, 2.05) is 37.5 Å². The quantitative estimate of drug-likeness (QED) is 0.386. The highest BCUT2D eigenvalue weighted by Gasteiger charge is 2.46. The number of pyridine rings is 1. The topological polar surface area (TPSA) is 121 Å². The molecule has 1 aliphatic rings. The predicted molar refractivity (Wildman–Crippen MR) is 141 cm³/mol. The molecule has 0 saturated heterocycles. The molecule has 0 amide bonds. The molecule has 0 fully saturated rings. The lowest BCUT2D eigenvalue weighted by Crippen LogP contribution is -2.48. The first-order chi connectivity index (χ1) is 17.7. The van der Waals surface area contributed by atoms with E-state index < -0.39 is 8.32 Å². The second-order valence-corrected chi connectivity index (χ2v) is 14.1. The summed E-state index contributed by atoms with van der Waals surface area (Å²) in [4.78, 5) is 24.1. The summed E-state index contributed by atoms with van der Waals surface area (Å²) in [6.07, 6.45) is 4.11. The van der Waals surface area contributed by atoms with E-state index >= 15 is 0 Å². The summed E-state index contributed by atoms with van der Waals surface area (Å²) >= 11 is 0. The molecule has 2 N–H and O–H groups in total. The van der Waals surface area contributed by atoms with E-state index in [2.05, 4.69) is 17.2 Å². The Morgan fingerprint density at radius 1 is 1.24 bits per heavy atom. The molecule has 10 nitrogen and oxygen atoms in total. The Labute approximate surface area is 217 Å². The molecule has 3 aromatic rings. The predicted octanol–water partition coefficient (Wildman–Crippen LogP) is 2.71. The first kappa shape index (κ1) is 27.1. The normalized spacial score (nSPS) is 20.2. The van der Waals surface area contributed by atoms with Crippen molar-refractivity contribution in [2.24, 2.45) is 5.92 Å². The van der Waals surface area contributed by atoms with Crippen LogP contribution >= 0.6 is 0 Å². The number of fused-ring (bicyclic) bond motifs is 1. The third kappa shape index (κ3) is 5.64. The monoisotopic (exact) mass is 528 g/mol. The van der Waals surface area contributed by atoms with Crippen molar-refractivity contribution >= 4 is 8.32 Å². The van der Waals surface area contributed by atoms with E-state index in [-0.39, 0.29) is 41.6 Å². The van der Waals surface area contributed by atoms with Crippen molar-refractivity contribution in [1.29, 1.82) is 0 Å². The highest BCUT2D eigenvalue weighted by Crippen LogP contribution is 2.47. The third-order valence-electron chi connectivity index (χ3n) is 7.15.